The first-order valence-electron chi connectivity index (χ1n) is 8.06. The highest BCUT2D eigenvalue weighted by Crippen LogP contribution is 2.33. The quantitative estimate of drug-likeness (QED) is 0.460. The Balaban J connectivity index is 1.89. The van der Waals surface area contributed by atoms with Crippen LogP contribution in [0.4, 0.5) is 22.0 Å². The minimum atomic E-state index is -4.70. The molecule has 0 spiro atoms. The number of hydrogen-bond acceptors (Lipinski definition) is 4. The van der Waals surface area contributed by atoms with Gasteiger partial charge < -0.3 is 0 Å². The monoisotopic (exact) mass is 401 g/mol. The van der Waals surface area contributed by atoms with Crippen molar-refractivity contribution in [1.29, 1.82) is 5.26 Å². The van der Waals surface area contributed by atoms with Crippen LogP contribution in [0.2, 0.25) is 0 Å². The molecule has 0 bridgehead atoms. The van der Waals surface area contributed by atoms with Crippen LogP contribution in [-0.2, 0) is 6.18 Å². The molecule has 4 rings (SSSR count). The highest BCUT2D eigenvalue weighted by molar-refractivity contribution is 5.76. The molecule has 0 N–H and O–H groups in total. The summed E-state index contributed by atoms with van der Waals surface area (Å²) in [5.41, 5.74) is -1.16. The zero-order chi connectivity index (χ0) is 20.8. The van der Waals surface area contributed by atoms with E-state index in [-0.39, 0.29) is 33.7 Å². The standard InChI is InChI=1S/C19H8F5N5/c20-11-5-4-10(7-25)14(6-11)12-2-1-3-13(17(12)21)15-8-26-18-28-16(19(22,23)24)9-27-29(15)18/h1-6,8-9H. The van der Waals surface area contributed by atoms with Crippen LogP contribution in [0.15, 0.2) is 48.8 Å². The van der Waals surface area contributed by atoms with Gasteiger partial charge in [0.2, 0.25) is 0 Å². The van der Waals surface area contributed by atoms with E-state index in [0.29, 0.717) is 6.20 Å². The number of aromatic nitrogens is 4. The van der Waals surface area contributed by atoms with Crippen LogP contribution in [0.1, 0.15) is 11.3 Å². The number of rotatable bonds is 2. The van der Waals surface area contributed by atoms with Crippen LogP contribution in [0.3, 0.4) is 0 Å². The molecule has 0 aliphatic carbocycles. The summed E-state index contributed by atoms with van der Waals surface area (Å²) in [6, 6.07) is 9.43. The second-order valence-corrected chi connectivity index (χ2v) is 5.96. The third-order valence-corrected chi connectivity index (χ3v) is 4.19. The molecule has 5 nitrogen and oxygen atoms in total. The fourth-order valence-corrected chi connectivity index (χ4v) is 2.87. The van der Waals surface area contributed by atoms with Crippen LogP contribution in [0.5, 0.6) is 0 Å². The Morgan fingerprint density at radius 3 is 2.45 bits per heavy atom. The molecule has 29 heavy (non-hydrogen) atoms. The number of nitriles is 1. The number of alkyl halides is 3. The molecule has 0 fully saturated rings. The van der Waals surface area contributed by atoms with Crippen LogP contribution >= 0.6 is 0 Å². The molecule has 10 heteroatoms. The van der Waals surface area contributed by atoms with Crippen molar-refractivity contribution >= 4 is 5.78 Å². The van der Waals surface area contributed by atoms with Crippen molar-refractivity contribution in [2.75, 3.05) is 0 Å². The van der Waals surface area contributed by atoms with Crippen molar-refractivity contribution in [3.05, 3.63) is 71.7 Å². The van der Waals surface area contributed by atoms with Gasteiger partial charge in [-0.25, -0.2) is 18.7 Å². The van der Waals surface area contributed by atoms with Crippen molar-refractivity contribution in [3.63, 3.8) is 0 Å². The van der Waals surface area contributed by atoms with Crippen LogP contribution in [0, 0.1) is 23.0 Å². The van der Waals surface area contributed by atoms with Crippen molar-refractivity contribution in [1.82, 2.24) is 19.6 Å². The van der Waals surface area contributed by atoms with Gasteiger partial charge in [-0.2, -0.15) is 28.0 Å². The van der Waals surface area contributed by atoms with Crippen molar-refractivity contribution < 1.29 is 22.0 Å². The maximum absolute atomic E-state index is 15.3. The minimum absolute atomic E-state index is 0.0443. The van der Waals surface area contributed by atoms with Gasteiger partial charge >= 0.3 is 6.18 Å². The van der Waals surface area contributed by atoms with Crippen LogP contribution < -0.4 is 0 Å². The Morgan fingerprint density at radius 2 is 1.72 bits per heavy atom. The lowest BCUT2D eigenvalue weighted by atomic mass is 9.97. The molecule has 0 unspecified atom stereocenters. The summed E-state index contributed by atoms with van der Waals surface area (Å²) in [5, 5.41) is 12.9. The lowest BCUT2D eigenvalue weighted by molar-refractivity contribution is -0.141. The summed E-state index contributed by atoms with van der Waals surface area (Å²) in [6.45, 7) is 0. The number of halogens is 5. The van der Waals surface area contributed by atoms with Crippen molar-refractivity contribution in [2.24, 2.45) is 0 Å². The number of benzene rings is 2. The number of imidazole rings is 1. The van der Waals surface area contributed by atoms with E-state index < -0.39 is 23.5 Å². The molecule has 0 atom stereocenters. The maximum atomic E-state index is 15.3. The van der Waals surface area contributed by atoms with Gasteiger partial charge in [0.25, 0.3) is 5.78 Å². The molecule has 0 aliphatic rings. The number of fused-ring (bicyclic) bond motifs is 1. The van der Waals surface area contributed by atoms with E-state index in [0.717, 1.165) is 22.8 Å². The van der Waals surface area contributed by atoms with E-state index in [1.165, 1.54) is 24.3 Å². The lowest BCUT2D eigenvalue weighted by Gasteiger charge is -2.10. The topological polar surface area (TPSA) is 66.9 Å². The smallest absolute Gasteiger partial charge is 0.217 e. The summed E-state index contributed by atoms with van der Waals surface area (Å²) in [4.78, 5) is 7.16. The fraction of sp³-hybridized carbons (Fsp3) is 0.0526. The predicted octanol–water partition coefficient (Wildman–Crippen LogP) is 4.63. The minimum Gasteiger partial charge on any atom is -0.217 e. The summed E-state index contributed by atoms with van der Waals surface area (Å²) < 4.78 is 68.3. The molecular weight excluding hydrogens is 393 g/mol. The van der Waals surface area contributed by atoms with E-state index in [2.05, 4.69) is 15.1 Å². The fourth-order valence-electron chi connectivity index (χ4n) is 2.87. The Bertz CT molecular complexity index is 1290. The molecule has 4 aromatic rings. The first-order chi connectivity index (χ1) is 13.8. The molecular formula is C19H8F5N5. The average Bonchev–Trinajstić information content (AvgIpc) is 3.10. The summed E-state index contributed by atoms with van der Waals surface area (Å²) in [7, 11) is 0. The Labute approximate surface area is 159 Å². The second-order valence-electron chi connectivity index (χ2n) is 5.96. The number of hydrogen-bond donors (Lipinski definition) is 0. The zero-order valence-corrected chi connectivity index (χ0v) is 14.2. The van der Waals surface area contributed by atoms with E-state index in [9.17, 15) is 22.8 Å². The van der Waals surface area contributed by atoms with Crippen molar-refractivity contribution in [2.45, 2.75) is 6.18 Å². The van der Waals surface area contributed by atoms with Gasteiger partial charge in [0.05, 0.1) is 29.7 Å². The Kier molecular flexibility index (Phi) is 4.23. The first kappa shape index (κ1) is 18.5. The normalized spacial score (nSPS) is 11.6. The molecule has 144 valence electrons. The molecule has 2 heterocycles. The number of nitrogens with zero attached hydrogens (tertiary/aromatic N) is 5. The molecule has 0 amide bonds. The van der Waals surface area contributed by atoms with Gasteiger partial charge in [-0.1, -0.05) is 12.1 Å². The molecule has 0 aliphatic heterocycles. The van der Waals surface area contributed by atoms with Gasteiger partial charge in [0.1, 0.15) is 11.6 Å². The summed E-state index contributed by atoms with van der Waals surface area (Å²) >= 11 is 0. The van der Waals surface area contributed by atoms with Gasteiger partial charge in [-0.15, -0.1) is 0 Å². The molecule has 2 aromatic carbocycles. The average molecular weight is 401 g/mol. The predicted molar refractivity (Wildman–Crippen MR) is 91.3 cm³/mol. The Hall–Kier alpha value is -3.87. The highest BCUT2D eigenvalue weighted by atomic mass is 19.4. The highest BCUT2D eigenvalue weighted by Gasteiger charge is 2.33. The van der Waals surface area contributed by atoms with Crippen molar-refractivity contribution in [3.8, 4) is 28.5 Å². The second kappa shape index (κ2) is 6.63. The van der Waals surface area contributed by atoms with E-state index in [1.807, 2.05) is 6.07 Å². The van der Waals surface area contributed by atoms with Crippen LogP contribution in [0.25, 0.3) is 28.2 Å². The molecule has 0 saturated heterocycles. The van der Waals surface area contributed by atoms with Gasteiger partial charge in [0.15, 0.2) is 5.69 Å². The van der Waals surface area contributed by atoms with E-state index >= 15 is 4.39 Å². The molecule has 0 radical (unpaired) electrons. The van der Waals surface area contributed by atoms with Gasteiger partial charge in [-0.05, 0) is 24.3 Å². The SMILES string of the molecule is N#Cc1ccc(F)cc1-c1cccc(-c2cnc3nc(C(F)(F)F)cnn23)c1F. The van der Waals surface area contributed by atoms with Gasteiger partial charge in [0, 0.05) is 16.7 Å². The third-order valence-electron chi connectivity index (χ3n) is 4.19. The molecule has 2 aromatic heterocycles. The van der Waals surface area contributed by atoms with Crippen LogP contribution in [-0.4, -0.2) is 19.6 Å². The van der Waals surface area contributed by atoms with E-state index in [1.54, 1.807) is 0 Å². The Morgan fingerprint density at radius 1 is 0.966 bits per heavy atom. The summed E-state index contributed by atoms with van der Waals surface area (Å²) in [6.07, 6.45) is -3.05. The van der Waals surface area contributed by atoms with Gasteiger partial charge in [-0.3, -0.25) is 0 Å². The summed E-state index contributed by atoms with van der Waals surface area (Å²) in [5.74, 6) is -1.81. The largest absolute Gasteiger partial charge is 0.435 e. The molecule has 0 saturated carbocycles. The third kappa shape index (κ3) is 3.16. The van der Waals surface area contributed by atoms with E-state index in [4.69, 9.17) is 0 Å². The maximum Gasteiger partial charge on any atom is 0.435 e. The first-order valence-corrected chi connectivity index (χ1v) is 8.06. The zero-order valence-electron chi connectivity index (χ0n) is 14.2. The lowest BCUT2D eigenvalue weighted by Crippen LogP contribution is -2.11.